The Morgan fingerprint density at radius 1 is 0.897 bits per heavy atom. The number of amides is 1. The Labute approximate surface area is 170 Å². The first-order chi connectivity index (χ1) is 13.9. The number of aryl methyl sites for hydroxylation is 4. The molecule has 1 N–H and O–H groups in total. The first kappa shape index (κ1) is 18.7. The number of anilines is 1. The second-order valence-corrected chi connectivity index (χ2v) is 7.35. The van der Waals surface area contributed by atoms with E-state index in [0.29, 0.717) is 17.1 Å². The van der Waals surface area contributed by atoms with E-state index < -0.39 is 0 Å². The molecule has 0 spiro atoms. The van der Waals surface area contributed by atoms with Crippen LogP contribution >= 0.6 is 0 Å². The third kappa shape index (κ3) is 3.85. The molecule has 146 valence electrons. The molecular weight excluding hydrogens is 362 g/mol. The molecule has 0 unspecified atom stereocenters. The number of nitrogens with one attached hydrogen (secondary N) is 1. The summed E-state index contributed by atoms with van der Waals surface area (Å²) in [6.07, 6.45) is 0. The fraction of sp³-hybridized carbons (Fsp3) is 0.167. The summed E-state index contributed by atoms with van der Waals surface area (Å²) in [5, 5.41) is 7.66. The van der Waals surface area contributed by atoms with Crippen molar-refractivity contribution >= 4 is 11.6 Å². The van der Waals surface area contributed by atoms with Crippen LogP contribution in [0.15, 0.2) is 65.1 Å². The van der Waals surface area contributed by atoms with Gasteiger partial charge in [-0.05, 0) is 63.6 Å². The Bertz CT molecular complexity index is 1180. The predicted octanol–water partition coefficient (Wildman–Crippen LogP) is 5.62. The summed E-state index contributed by atoms with van der Waals surface area (Å²) < 4.78 is 7.41. The topological polar surface area (TPSA) is 60.1 Å². The van der Waals surface area contributed by atoms with Gasteiger partial charge >= 0.3 is 0 Å². The van der Waals surface area contributed by atoms with Crippen LogP contribution in [0.3, 0.4) is 0 Å². The molecule has 0 aliphatic heterocycles. The zero-order valence-corrected chi connectivity index (χ0v) is 17.0. The van der Waals surface area contributed by atoms with Crippen molar-refractivity contribution in [2.75, 3.05) is 5.32 Å². The average Bonchev–Trinajstić information content (AvgIpc) is 3.30. The van der Waals surface area contributed by atoms with Gasteiger partial charge in [0, 0.05) is 11.8 Å². The van der Waals surface area contributed by atoms with Crippen molar-refractivity contribution in [3.05, 3.63) is 88.8 Å². The molecule has 4 rings (SSSR count). The quantitative estimate of drug-likeness (QED) is 0.496. The van der Waals surface area contributed by atoms with Gasteiger partial charge in [-0.25, -0.2) is 4.68 Å². The third-order valence-corrected chi connectivity index (χ3v) is 4.82. The van der Waals surface area contributed by atoms with E-state index in [1.807, 2.05) is 76.2 Å². The summed E-state index contributed by atoms with van der Waals surface area (Å²) in [6, 6.07) is 19.3. The molecule has 0 atom stereocenters. The van der Waals surface area contributed by atoms with Gasteiger partial charge in [-0.2, -0.15) is 5.10 Å². The first-order valence-corrected chi connectivity index (χ1v) is 9.53. The smallest absolute Gasteiger partial charge is 0.274 e. The largest absolute Gasteiger partial charge is 0.460 e. The molecule has 29 heavy (non-hydrogen) atoms. The minimum Gasteiger partial charge on any atom is -0.460 e. The highest BCUT2D eigenvalue weighted by Gasteiger charge is 2.20. The van der Waals surface area contributed by atoms with Crippen LogP contribution in [0.4, 0.5) is 5.69 Å². The lowest BCUT2D eigenvalue weighted by molar-refractivity contribution is 0.101. The number of nitrogens with zero attached hydrogens (tertiary/aromatic N) is 2. The summed E-state index contributed by atoms with van der Waals surface area (Å²) in [5.74, 6) is 1.21. The number of hydrogen-bond acceptors (Lipinski definition) is 3. The minimum absolute atomic E-state index is 0.226. The fourth-order valence-corrected chi connectivity index (χ4v) is 3.29. The van der Waals surface area contributed by atoms with Crippen molar-refractivity contribution in [1.29, 1.82) is 0 Å². The van der Waals surface area contributed by atoms with Gasteiger partial charge in [0.25, 0.3) is 5.91 Å². The number of rotatable bonds is 4. The van der Waals surface area contributed by atoms with Crippen LogP contribution in [0.25, 0.3) is 17.1 Å². The SMILES string of the molecule is Cc1ccc(NC(=O)c2cc(-c3ccc(C)o3)nn2-c2ccc(C)cc2C)cc1. The lowest BCUT2D eigenvalue weighted by Gasteiger charge is -2.11. The molecule has 2 aromatic carbocycles. The molecule has 2 heterocycles. The molecule has 0 aliphatic carbocycles. The van der Waals surface area contributed by atoms with Gasteiger partial charge in [-0.15, -0.1) is 0 Å². The number of carbonyl (C=O) groups excluding carboxylic acids is 1. The highest BCUT2D eigenvalue weighted by atomic mass is 16.3. The molecule has 5 nitrogen and oxygen atoms in total. The van der Waals surface area contributed by atoms with Gasteiger partial charge in [-0.1, -0.05) is 35.4 Å². The van der Waals surface area contributed by atoms with E-state index in [-0.39, 0.29) is 5.91 Å². The highest BCUT2D eigenvalue weighted by molar-refractivity contribution is 6.04. The summed E-state index contributed by atoms with van der Waals surface area (Å²) in [7, 11) is 0. The summed E-state index contributed by atoms with van der Waals surface area (Å²) in [4.78, 5) is 13.1. The van der Waals surface area contributed by atoms with Crippen LogP contribution in [-0.2, 0) is 0 Å². The molecule has 0 aliphatic rings. The molecule has 0 bridgehead atoms. The Morgan fingerprint density at radius 2 is 1.62 bits per heavy atom. The standard InChI is InChI=1S/C24H23N3O2/c1-15-5-9-19(10-6-15)25-24(28)22-14-20(23-12-8-18(4)29-23)26-27(22)21-11-7-16(2)13-17(21)3/h5-14H,1-4H3,(H,25,28). The maximum atomic E-state index is 13.1. The van der Waals surface area contributed by atoms with Gasteiger partial charge in [0.1, 0.15) is 17.1 Å². The van der Waals surface area contributed by atoms with Crippen LogP contribution in [0.2, 0.25) is 0 Å². The molecule has 1 amide bonds. The van der Waals surface area contributed by atoms with Crippen LogP contribution in [0.1, 0.15) is 32.9 Å². The zero-order valence-electron chi connectivity index (χ0n) is 17.0. The molecule has 0 fully saturated rings. The molecule has 0 saturated carbocycles. The fourth-order valence-electron chi connectivity index (χ4n) is 3.29. The molecule has 2 aromatic heterocycles. The van der Waals surface area contributed by atoms with Gasteiger partial charge in [0.05, 0.1) is 5.69 Å². The normalized spacial score (nSPS) is 10.9. The Balaban J connectivity index is 1.79. The number of furan rings is 1. The molecule has 0 radical (unpaired) electrons. The Morgan fingerprint density at radius 3 is 2.28 bits per heavy atom. The van der Waals surface area contributed by atoms with Gasteiger partial charge in [0.2, 0.25) is 0 Å². The van der Waals surface area contributed by atoms with Crippen molar-refractivity contribution < 1.29 is 9.21 Å². The van der Waals surface area contributed by atoms with Crippen molar-refractivity contribution in [2.45, 2.75) is 27.7 Å². The van der Waals surface area contributed by atoms with Crippen LogP contribution in [-0.4, -0.2) is 15.7 Å². The van der Waals surface area contributed by atoms with Gasteiger partial charge in [0.15, 0.2) is 5.76 Å². The van der Waals surface area contributed by atoms with Crippen LogP contribution in [0, 0.1) is 27.7 Å². The van der Waals surface area contributed by atoms with E-state index in [0.717, 1.165) is 33.8 Å². The van der Waals surface area contributed by atoms with Crippen molar-refractivity contribution in [3.8, 4) is 17.1 Å². The van der Waals surface area contributed by atoms with Crippen molar-refractivity contribution in [2.24, 2.45) is 0 Å². The number of aromatic nitrogens is 2. The lowest BCUT2D eigenvalue weighted by atomic mass is 10.1. The predicted molar refractivity (Wildman–Crippen MR) is 115 cm³/mol. The average molecular weight is 385 g/mol. The van der Waals surface area contributed by atoms with Crippen LogP contribution < -0.4 is 5.32 Å². The van der Waals surface area contributed by atoms with Crippen LogP contribution in [0.5, 0.6) is 0 Å². The second kappa shape index (κ2) is 7.43. The summed E-state index contributed by atoms with van der Waals surface area (Å²) in [5.41, 5.74) is 6.00. The van der Waals surface area contributed by atoms with E-state index in [1.165, 1.54) is 0 Å². The maximum Gasteiger partial charge on any atom is 0.274 e. The summed E-state index contributed by atoms with van der Waals surface area (Å²) in [6.45, 7) is 7.96. The summed E-state index contributed by atoms with van der Waals surface area (Å²) >= 11 is 0. The highest BCUT2D eigenvalue weighted by Crippen LogP contribution is 2.26. The van der Waals surface area contributed by atoms with E-state index in [9.17, 15) is 4.79 Å². The second-order valence-electron chi connectivity index (χ2n) is 7.35. The van der Waals surface area contributed by atoms with E-state index in [4.69, 9.17) is 9.52 Å². The van der Waals surface area contributed by atoms with E-state index >= 15 is 0 Å². The zero-order chi connectivity index (χ0) is 20.5. The van der Waals surface area contributed by atoms with Gasteiger partial charge in [-0.3, -0.25) is 4.79 Å². The number of benzene rings is 2. The molecule has 0 saturated heterocycles. The third-order valence-electron chi connectivity index (χ3n) is 4.82. The molecule has 4 aromatic rings. The lowest BCUT2D eigenvalue weighted by Crippen LogP contribution is -2.17. The minimum atomic E-state index is -0.226. The van der Waals surface area contributed by atoms with Gasteiger partial charge < -0.3 is 9.73 Å². The number of hydrogen-bond donors (Lipinski definition) is 1. The Kier molecular flexibility index (Phi) is 4.80. The van der Waals surface area contributed by atoms with E-state index in [1.54, 1.807) is 10.7 Å². The molecule has 5 heteroatoms. The molecular formula is C24H23N3O2. The van der Waals surface area contributed by atoms with E-state index in [2.05, 4.69) is 11.4 Å². The Hall–Kier alpha value is -3.60. The number of carbonyl (C=O) groups is 1. The van der Waals surface area contributed by atoms with Crippen molar-refractivity contribution in [3.63, 3.8) is 0 Å². The monoisotopic (exact) mass is 385 g/mol. The maximum absolute atomic E-state index is 13.1. The van der Waals surface area contributed by atoms with Crippen molar-refractivity contribution in [1.82, 2.24) is 9.78 Å². The first-order valence-electron chi connectivity index (χ1n) is 9.53.